The Hall–Kier alpha value is -2.90. The molecule has 5 amide bonds. The first kappa shape index (κ1) is 19.9. The Balaban J connectivity index is 1.54. The van der Waals surface area contributed by atoms with Crippen LogP contribution in [0.3, 0.4) is 0 Å². The van der Waals surface area contributed by atoms with Crippen molar-refractivity contribution >= 4 is 29.4 Å². The summed E-state index contributed by atoms with van der Waals surface area (Å²) in [4.78, 5) is 51.4. The third-order valence-corrected chi connectivity index (χ3v) is 5.57. The minimum Gasteiger partial charge on any atom is -0.350 e. The minimum absolute atomic E-state index is 0.129. The van der Waals surface area contributed by atoms with Crippen LogP contribution in [0.15, 0.2) is 24.3 Å². The van der Waals surface area contributed by atoms with Crippen LogP contribution in [0.5, 0.6) is 0 Å². The van der Waals surface area contributed by atoms with Gasteiger partial charge in [0.25, 0.3) is 5.91 Å². The van der Waals surface area contributed by atoms with Crippen LogP contribution in [0.4, 0.5) is 10.5 Å². The molecule has 8 nitrogen and oxygen atoms in total. The molecule has 0 atom stereocenters. The number of anilines is 1. The summed E-state index contributed by atoms with van der Waals surface area (Å²) in [5, 5.41) is 5.44. The predicted octanol–water partition coefficient (Wildman–Crippen LogP) is 1.54. The fourth-order valence-corrected chi connectivity index (χ4v) is 3.66. The normalized spacial score (nSPS) is 18.6. The van der Waals surface area contributed by atoms with E-state index in [1.165, 1.54) is 0 Å². The Morgan fingerprint density at radius 3 is 2.36 bits per heavy atom. The first-order chi connectivity index (χ1) is 13.4. The van der Waals surface area contributed by atoms with Gasteiger partial charge in [-0.2, -0.15) is 0 Å². The molecule has 150 valence electrons. The Morgan fingerprint density at radius 1 is 1.14 bits per heavy atom. The lowest BCUT2D eigenvalue weighted by Crippen LogP contribution is -2.46. The summed E-state index contributed by atoms with van der Waals surface area (Å²) in [6.07, 6.45) is 2.42. The van der Waals surface area contributed by atoms with Gasteiger partial charge in [0.15, 0.2) is 0 Å². The van der Waals surface area contributed by atoms with Gasteiger partial charge in [0.2, 0.25) is 11.8 Å². The summed E-state index contributed by atoms with van der Waals surface area (Å²) in [5.41, 5.74) is 0.824. The molecule has 0 radical (unpaired) electrons. The molecule has 2 N–H and O–H groups in total. The molecule has 2 heterocycles. The first-order valence-electron chi connectivity index (χ1n) is 9.70. The molecule has 1 aromatic rings. The average Bonchev–Trinajstić information content (AvgIpc) is 3.23. The number of urea groups is 1. The van der Waals surface area contributed by atoms with E-state index >= 15 is 0 Å². The van der Waals surface area contributed by atoms with Gasteiger partial charge in [-0.05, 0) is 37.0 Å². The number of hydrogen-bond donors (Lipinski definition) is 2. The van der Waals surface area contributed by atoms with Crippen molar-refractivity contribution in [3.63, 3.8) is 0 Å². The third kappa shape index (κ3) is 3.72. The van der Waals surface area contributed by atoms with Gasteiger partial charge >= 0.3 is 6.03 Å². The highest BCUT2D eigenvalue weighted by Crippen LogP contribution is 2.24. The van der Waals surface area contributed by atoms with Gasteiger partial charge in [-0.15, -0.1) is 0 Å². The van der Waals surface area contributed by atoms with Crippen LogP contribution in [0.25, 0.3) is 0 Å². The van der Waals surface area contributed by atoms with Crippen molar-refractivity contribution in [2.24, 2.45) is 0 Å². The Kier molecular flexibility index (Phi) is 5.67. The molecule has 0 spiro atoms. The summed E-state index contributed by atoms with van der Waals surface area (Å²) >= 11 is 0. The van der Waals surface area contributed by atoms with E-state index in [1.54, 1.807) is 4.90 Å². The molecule has 0 saturated carbocycles. The summed E-state index contributed by atoms with van der Waals surface area (Å²) in [7, 11) is 0. The third-order valence-electron chi connectivity index (χ3n) is 5.57. The maximum Gasteiger partial charge on any atom is 0.325 e. The SMILES string of the molecule is CCC1(CC)NC(=O)N(CC(=O)NCc2ccc(N3CCCC3=O)cc2)C1=O. The lowest BCUT2D eigenvalue weighted by atomic mass is 9.93. The molecule has 3 rings (SSSR count). The number of nitrogens with one attached hydrogen (secondary N) is 2. The number of benzene rings is 1. The zero-order valence-corrected chi connectivity index (χ0v) is 16.3. The highest BCUT2D eigenvalue weighted by Gasteiger charge is 2.49. The molecule has 2 saturated heterocycles. The van der Waals surface area contributed by atoms with Crippen LogP contribution in [-0.2, 0) is 20.9 Å². The summed E-state index contributed by atoms with van der Waals surface area (Å²) in [6.45, 7) is 4.39. The van der Waals surface area contributed by atoms with Gasteiger partial charge in [0, 0.05) is 25.2 Å². The molecule has 0 unspecified atom stereocenters. The largest absolute Gasteiger partial charge is 0.350 e. The molecule has 0 bridgehead atoms. The Morgan fingerprint density at radius 2 is 1.82 bits per heavy atom. The number of hydrogen-bond acceptors (Lipinski definition) is 4. The van der Waals surface area contributed by atoms with Crippen LogP contribution in [0, 0.1) is 0 Å². The second-order valence-corrected chi connectivity index (χ2v) is 7.20. The highest BCUT2D eigenvalue weighted by molar-refractivity contribution is 6.09. The van der Waals surface area contributed by atoms with E-state index in [9.17, 15) is 19.2 Å². The van der Waals surface area contributed by atoms with Crippen LogP contribution < -0.4 is 15.5 Å². The molecule has 2 aliphatic heterocycles. The lowest BCUT2D eigenvalue weighted by Gasteiger charge is -2.23. The van der Waals surface area contributed by atoms with Crippen LogP contribution >= 0.6 is 0 Å². The number of imide groups is 1. The van der Waals surface area contributed by atoms with E-state index in [4.69, 9.17) is 0 Å². The number of nitrogens with zero attached hydrogens (tertiary/aromatic N) is 2. The first-order valence-corrected chi connectivity index (χ1v) is 9.70. The molecule has 0 aromatic heterocycles. The van der Waals surface area contributed by atoms with Crippen molar-refractivity contribution in [3.05, 3.63) is 29.8 Å². The monoisotopic (exact) mass is 386 g/mol. The molecule has 2 fully saturated rings. The number of amides is 5. The van der Waals surface area contributed by atoms with Gasteiger partial charge in [-0.3, -0.25) is 19.3 Å². The Bertz CT molecular complexity index is 786. The van der Waals surface area contributed by atoms with Gasteiger partial charge in [0.05, 0.1) is 0 Å². The van der Waals surface area contributed by atoms with Crippen molar-refractivity contribution < 1.29 is 19.2 Å². The van der Waals surface area contributed by atoms with E-state index in [2.05, 4.69) is 10.6 Å². The van der Waals surface area contributed by atoms with E-state index < -0.39 is 17.5 Å². The van der Waals surface area contributed by atoms with Gasteiger partial charge in [-0.25, -0.2) is 4.79 Å². The zero-order chi connectivity index (χ0) is 20.3. The van der Waals surface area contributed by atoms with Crippen molar-refractivity contribution in [2.45, 2.75) is 51.6 Å². The summed E-state index contributed by atoms with van der Waals surface area (Å²) < 4.78 is 0. The predicted molar refractivity (Wildman–Crippen MR) is 103 cm³/mol. The van der Waals surface area contributed by atoms with Crippen molar-refractivity contribution in [2.75, 3.05) is 18.0 Å². The molecule has 8 heteroatoms. The fraction of sp³-hybridized carbons (Fsp3) is 0.500. The fourth-order valence-electron chi connectivity index (χ4n) is 3.66. The van der Waals surface area contributed by atoms with Crippen molar-refractivity contribution in [1.29, 1.82) is 0 Å². The number of rotatable bonds is 7. The van der Waals surface area contributed by atoms with E-state index in [0.29, 0.717) is 19.3 Å². The summed E-state index contributed by atoms with van der Waals surface area (Å²) in [6, 6.07) is 6.91. The van der Waals surface area contributed by atoms with E-state index in [1.807, 2.05) is 38.1 Å². The highest BCUT2D eigenvalue weighted by atomic mass is 16.2. The molecule has 2 aliphatic rings. The van der Waals surface area contributed by atoms with E-state index in [0.717, 1.165) is 29.1 Å². The van der Waals surface area contributed by atoms with E-state index in [-0.39, 0.29) is 24.9 Å². The molecule has 28 heavy (non-hydrogen) atoms. The molecular weight excluding hydrogens is 360 g/mol. The van der Waals surface area contributed by atoms with Gasteiger partial charge < -0.3 is 15.5 Å². The number of carbonyl (C=O) groups is 4. The van der Waals surface area contributed by atoms with Gasteiger partial charge in [0.1, 0.15) is 12.1 Å². The topological polar surface area (TPSA) is 98.8 Å². The second-order valence-electron chi connectivity index (χ2n) is 7.20. The van der Waals surface area contributed by atoms with Crippen molar-refractivity contribution in [3.8, 4) is 0 Å². The smallest absolute Gasteiger partial charge is 0.325 e. The van der Waals surface area contributed by atoms with Crippen LogP contribution in [0.2, 0.25) is 0 Å². The molecule has 1 aromatic carbocycles. The summed E-state index contributed by atoms with van der Waals surface area (Å²) in [5.74, 6) is -0.618. The van der Waals surface area contributed by atoms with Crippen LogP contribution in [-0.4, -0.2) is 47.3 Å². The maximum absolute atomic E-state index is 12.5. The lowest BCUT2D eigenvalue weighted by molar-refractivity contribution is -0.135. The second kappa shape index (κ2) is 8.00. The van der Waals surface area contributed by atoms with Gasteiger partial charge in [-0.1, -0.05) is 26.0 Å². The average molecular weight is 386 g/mol. The van der Waals surface area contributed by atoms with Crippen LogP contribution in [0.1, 0.15) is 45.1 Å². The Labute approximate surface area is 164 Å². The number of carbonyl (C=O) groups excluding carboxylic acids is 4. The maximum atomic E-state index is 12.5. The quantitative estimate of drug-likeness (QED) is 0.695. The molecular formula is C20H26N4O4. The standard InChI is InChI=1S/C20H26N4O4/c1-3-20(4-2)18(27)24(19(28)22-20)13-16(25)21-12-14-7-9-15(10-8-14)23-11-5-6-17(23)26/h7-10H,3-6,11-13H2,1-2H3,(H,21,25)(H,22,28). The van der Waals surface area contributed by atoms with Crippen molar-refractivity contribution in [1.82, 2.24) is 15.5 Å². The molecule has 0 aliphatic carbocycles. The minimum atomic E-state index is -0.903. The zero-order valence-electron chi connectivity index (χ0n) is 16.3.